The average molecular weight is 335 g/mol. The quantitative estimate of drug-likeness (QED) is 0.415. The van der Waals surface area contributed by atoms with Crippen LogP contribution in [0.4, 0.5) is 0 Å². The number of rotatable bonds is 8. The van der Waals surface area contributed by atoms with Gasteiger partial charge in [-0.25, -0.2) is 8.42 Å². The van der Waals surface area contributed by atoms with Gasteiger partial charge < -0.3 is 9.47 Å². The summed E-state index contributed by atoms with van der Waals surface area (Å²) >= 11 is 0. The molecule has 0 radical (unpaired) electrons. The number of hydrogen-bond donors (Lipinski definition) is 0. The van der Waals surface area contributed by atoms with Gasteiger partial charge in [-0.1, -0.05) is 19.8 Å². The maximum Gasteiger partial charge on any atom is 0.310 e. The SMILES string of the molecule is CCCCCOC(=O)Cc1cc(S(=O)(=O)Cl)ccc1OC. The number of carbonyl (C=O) groups is 1. The lowest BCUT2D eigenvalue weighted by molar-refractivity contribution is -0.143. The standard InChI is InChI=1S/C14H19ClO5S/c1-3-4-5-8-20-14(16)10-11-9-12(21(15,17)18)6-7-13(11)19-2/h6-7,9H,3-5,8,10H2,1-2H3. The van der Waals surface area contributed by atoms with Crippen LogP contribution < -0.4 is 4.74 Å². The number of benzene rings is 1. The molecule has 1 rings (SSSR count). The summed E-state index contributed by atoms with van der Waals surface area (Å²) in [6, 6.07) is 4.13. The highest BCUT2D eigenvalue weighted by Crippen LogP contribution is 2.25. The highest BCUT2D eigenvalue weighted by molar-refractivity contribution is 8.13. The molecule has 0 spiro atoms. The van der Waals surface area contributed by atoms with Gasteiger partial charge in [0.25, 0.3) is 9.05 Å². The summed E-state index contributed by atoms with van der Waals surface area (Å²) in [6.07, 6.45) is 2.79. The zero-order valence-corrected chi connectivity index (χ0v) is 13.7. The number of ether oxygens (including phenoxy) is 2. The van der Waals surface area contributed by atoms with Gasteiger partial charge in [-0.05, 0) is 24.6 Å². The van der Waals surface area contributed by atoms with Gasteiger partial charge in [0.2, 0.25) is 0 Å². The molecule has 0 aliphatic rings. The smallest absolute Gasteiger partial charge is 0.310 e. The predicted octanol–water partition coefficient (Wildman–Crippen LogP) is 2.90. The molecule has 0 amide bonds. The summed E-state index contributed by atoms with van der Waals surface area (Å²) in [7, 11) is 2.90. The first kappa shape index (κ1) is 17.8. The van der Waals surface area contributed by atoms with Crippen LogP contribution in [-0.4, -0.2) is 28.1 Å². The van der Waals surface area contributed by atoms with Crippen molar-refractivity contribution < 1.29 is 22.7 Å². The Hall–Kier alpha value is -1.27. The maximum absolute atomic E-state index is 11.7. The number of unbranched alkanes of at least 4 members (excludes halogenated alkanes) is 2. The molecule has 0 saturated carbocycles. The Morgan fingerprint density at radius 3 is 2.57 bits per heavy atom. The van der Waals surface area contributed by atoms with Gasteiger partial charge in [0.15, 0.2) is 0 Å². The number of carbonyl (C=O) groups excluding carboxylic acids is 1. The van der Waals surface area contributed by atoms with E-state index in [4.69, 9.17) is 20.2 Å². The highest BCUT2D eigenvalue weighted by atomic mass is 35.7. The van der Waals surface area contributed by atoms with Gasteiger partial charge in [0.05, 0.1) is 25.0 Å². The first-order chi connectivity index (χ1) is 9.88. The van der Waals surface area contributed by atoms with Crippen LogP contribution in [-0.2, 0) is 25.0 Å². The fraction of sp³-hybridized carbons (Fsp3) is 0.500. The Balaban J connectivity index is 2.78. The number of methoxy groups -OCH3 is 1. The van der Waals surface area contributed by atoms with Crippen molar-refractivity contribution in [2.45, 2.75) is 37.5 Å². The number of halogens is 1. The van der Waals surface area contributed by atoms with Gasteiger partial charge in [-0.2, -0.15) is 0 Å². The van der Waals surface area contributed by atoms with Crippen molar-refractivity contribution in [1.29, 1.82) is 0 Å². The van der Waals surface area contributed by atoms with E-state index in [0.29, 0.717) is 17.9 Å². The van der Waals surface area contributed by atoms with Crippen LogP contribution in [0.2, 0.25) is 0 Å². The van der Waals surface area contributed by atoms with Gasteiger partial charge >= 0.3 is 5.97 Å². The molecule has 0 fully saturated rings. The molecular weight excluding hydrogens is 316 g/mol. The molecule has 7 heteroatoms. The minimum atomic E-state index is -3.85. The molecule has 5 nitrogen and oxygen atoms in total. The van der Waals surface area contributed by atoms with Crippen molar-refractivity contribution in [3.8, 4) is 5.75 Å². The van der Waals surface area contributed by atoms with Crippen LogP contribution in [0.1, 0.15) is 31.7 Å². The molecule has 0 aliphatic carbocycles. The van der Waals surface area contributed by atoms with Crippen LogP contribution in [0.15, 0.2) is 23.1 Å². The molecule has 118 valence electrons. The Labute approximate surface area is 129 Å². The Morgan fingerprint density at radius 2 is 2.00 bits per heavy atom. The van der Waals surface area contributed by atoms with Gasteiger partial charge in [-0.3, -0.25) is 4.79 Å². The van der Waals surface area contributed by atoms with E-state index in [0.717, 1.165) is 19.3 Å². The molecule has 0 bridgehead atoms. The molecular formula is C14H19ClO5S. The van der Waals surface area contributed by atoms with Crippen LogP contribution in [0.5, 0.6) is 5.75 Å². The normalized spacial score (nSPS) is 11.2. The first-order valence-corrected chi connectivity index (χ1v) is 8.96. The molecule has 0 unspecified atom stereocenters. The summed E-state index contributed by atoms with van der Waals surface area (Å²) < 4.78 is 32.9. The van der Waals surface area contributed by atoms with Crippen molar-refractivity contribution >= 4 is 25.7 Å². The van der Waals surface area contributed by atoms with Crippen LogP contribution in [0, 0.1) is 0 Å². The first-order valence-electron chi connectivity index (χ1n) is 6.65. The van der Waals surface area contributed by atoms with E-state index in [9.17, 15) is 13.2 Å². The second-order valence-corrected chi connectivity index (χ2v) is 7.08. The summed E-state index contributed by atoms with van der Waals surface area (Å²) in [5.74, 6) is -0.00176. The minimum absolute atomic E-state index is 0.0600. The molecule has 0 atom stereocenters. The number of hydrogen-bond acceptors (Lipinski definition) is 5. The van der Waals surface area contributed by atoms with E-state index in [-0.39, 0.29) is 11.3 Å². The average Bonchev–Trinajstić information content (AvgIpc) is 2.42. The molecule has 0 saturated heterocycles. The Bertz CT molecular complexity index is 583. The van der Waals surface area contributed by atoms with Crippen molar-refractivity contribution in [3.05, 3.63) is 23.8 Å². The Morgan fingerprint density at radius 1 is 1.29 bits per heavy atom. The van der Waals surface area contributed by atoms with Crippen molar-refractivity contribution in [1.82, 2.24) is 0 Å². The van der Waals surface area contributed by atoms with Gasteiger partial charge in [0, 0.05) is 16.2 Å². The molecule has 0 aromatic heterocycles. The number of esters is 1. The second kappa shape index (κ2) is 8.24. The lowest BCUT2D eigenvalue weighted by Crippen LogP contribution is -2.10. The molecule has 1 aromatic rings. The van der Waals surface area contributed by atoms with Crippen molar-refractivity contribution in [2.24, 2.45) is 0 Å². The van der Waals surface area contributed by atoms with E-state index in [1.54, 1.807) is 0 Å². The fourth-order valence-electron chi connectivity index (χ4n) is 1.79. The lowest BCUT2D eigenvalue weighted by atomic mass is 10.1. The van der Waals surface area contributed by atoms with Crippen LogP contribution >= 0.6 is 10.7 Å². The van der Waals surface area contributed by atoms with E-state index in [2.05, 4.69) is 6.92 Å². The summed E-state index contributed by atoms with van der Waals surface area (Å²) in [5, 5.41) is 0. The maximum atomic E-state index is 11.7. The fourth-order valence-corrected chi connectivity index (χ4v) is 2.59. The topological polar surface area (TPSA) is 69.7 Å². The third-order valence-electron chi connectivity index (χ3n) is 2.88. The third-order valence-corrected chi connectivity index (χ3v) is 4.23. The van der Waals surface area contributed by atoms with Crippen LogP contribution in [0.25, 0.3) is 0 Å². The van der Waals surface area contributed by atoms with E-state index in [1.807, 2.05) is 0 Å². The monoisotopic (exact) mass is 334 g/mol. The predicted molar refractivity (Wildman–Crippen MR) is 80.2 cm³/mol. The second-order valence-electron chi connectivity index (χ2n) is 4.52. The molecule has 0 aliphatic heterocycles. The third kappa shape index (κ3) is 5.93. The highest BCUT2D eigenvalue weighted by Gasteiger charge is 2.16. The van der Waals surface area contributed by atoms with Crippen LogP contribution in [0.3, 0.4) is 0 Å². The Kier molecular flexibility index (Phi) is 6.98. The summed E-state index contributed by atoms with van der Waals surface area (Å²) in [5.41, 5.74) is 0.430. The molecule has 0 N–H and O–H groups in total. The lowest BCUT2D eigenvalue weighted by Gasteiger charge is -2.10. The minimum Gasteiger partial charge on any atom is -0.496 e. The van der Waals surface area contributed by atoms with E-state index < -0.39 is 15.0 Å². The molecule has 21 heavy (non-hydrogen) atoms. The van der Waals surface area contributed by atoms with E-state index >= 15 is 0 Å². The van der Waals surface area contributed by atoms with Gasteiger partial charge in [0.1, 0.15) is 5.75 Å². The van der Waals surface area contributed by atoms with Gasteiger partial charge in [-0.15, -0.1) is 0 Å². The summed E-state index contributed by atoms with van der Waals surface area (Å²) in [4.78, 5) is 11.7. The van der Waals surface area contributed by atoms with Crippen molar-refractivity contribution in [3.63, 3.8) is 0 Å². The summed E-state index contributed by atoms with van der Waals surface area (Å²) in [6.45, 7) is 2.42. The largest absolute Gasteiger partial charge is 0.496 e. The van der Waals surface area contributed by atoms with E-state index in [1.165, 1.54) is 25.3 Å². The van der Waals surface area contributed by atoms with Crippen molar-refractivity contribution in [2.75, 3.05) is 13.7 Å². The zero-order chi connectivity index (χ0) is 15.9. The molecule has 1 aromatic carbocycles. The zero-order valence-electron chi connectivity index (χ0n) is 12.1. The molecule has 0 heterocycles.